The second-order valence-corrected chi connectivity index (χ2v) is 5.21. The first kappa shape index (κ1) is 9.20. The first-order chi connectivity index (χ1) is 7.17. The van der Waals surface area contributed by atoms with E-state index in [0.29, 0.717) is 5.41 Å². The van der Waals surface area contributed by atoms with Gasteiger partial charge in [-0.05, 0) is 36.7 Å². The molecule has 2 aliphatic carbocycles. The highest BCUT2D eigenvalue weighted by Crippen LogP contribution is 2.50. The summed E-state index contributed by atoms with van der Waals surface area (Å²) in [7, 11) is 0. The monoisotopic (exact) mass is 204 g/mol. The van der Waals surface area contributed by atoms with Crippen LogP contribution in [-0.2, 0) is 9.53 Å². The van der Waals surface area contributed by atoms with E-state index in [9.17, 15) is 4.79 Å². The van der Waals surface area contributed by atoms with Crippen LogP contribution in [0.2, 0.25) is 0 Å². The summed E-state index contributed by atoms with van der Waals surface area (Å²) in [6.07, 6.45) is 9.85. The third kappa shape index (κ3) is 1.35. The second-order valence-electron chi connectivity index (χ2n) is 5.21. The van der Waals surface area contributed by atoms with Crippen LogP contribution in [0, 0.1) is 5.41 Å². The fraction of sp³-hybridized carbons (Fsp3) is 0.615. The van der Waals surface area contributed by atoms with Gasteiger partial charge in [-0.2, -0.15) is 0 Å². The van der Waals surface area contributed by atoms with Crippen molar-refractivity contribution in [3.63, 3.8) is 0 Å². The van der Waals surface area contributed by atoms with Gasteiger partial charge in [-0.1, -0.05) is 18.6 Å². The maximum absolute atomic E-state index is 11.2. The van der Waals surface area contributed by atoms with Crippen LogP contribution in [0.3, 0.4) is 0 Å². The van der Waals surface area contributed by atoms with E-state index in [1.807, 2.05) is 0 Å². The third-order valence-corrected chi connectivity index (χ3v) is 4.07. The molecule has 0 amide bonds. The average Bonchev–Trinajstić information content (AvgIpc) is 2.52. The largest absolute Gasteiger partial charge is 0.454 e. The lowest BCUT2D eigenvalue weighted by molar-refractivity contribution is -0.139. The van der Waals surface area contributed by atoms with Crippen LogP contribution in [0.15, 0.2) is 23.3 Å². The zero-order chi connectivity index (χ0) is 10.5. The van der Waals surface area contributed by atoms with Crippen molar-refractivity contribution in [1.82, 2.24) is 0 Å². The quantitative estimate of drug-likeness (QED) is 0.448. The molecule has 0 spiro atoms. The van der Waals surface area contributed by atoms with Gasteiger partial charge in [-0.15, -0.1) is 0 Å². The standard InChI is InChI=1S/C13H16O2/c1-13-5-3-2-4-10(13)7-11-9(8-13)6-12(14)15-11/h4,6,11H,2-3,5,7-8H2,1H3. The number of allylic oxidation sites excluding steroid dienone is 1. The molecule has 1 fully saturated rings. The minimum atomic E-state index is -0.141. The van der Waals surface area contributed by atoms with E-state index >= 15 is 0 Å². The number of hydrogen-bond donors (Lipinski definition) is 0. The Bertz CT molecular complexity index is 378. The molecule has 0 radical (unpaired) electrons. The summed E-state index contributed by atoms with van der Waals surface area (Å²) in [6.45, 7) is 2.33. The van der Waals surface area contributed by atoms with E-state index in [2.05, 4.69) is 13.0 Å². The fourth-order valence-corrected chi connectivity index (χ4v) is 3.19. The van der Waals surface area contributed by atoms with Crippen molar-refractivity contribution in [3.8, 4) is 0 Å². The highest BCUT2D eigenvalue weighted by molar-refractivity contribution is 5.86. The van der Waals surface area contributed by atoms with Crippen molar-refractivity contribution >= 4 is 5.97 Å². The summed E-state index contributed by atoms with van der Waals surface area (Å²) in [5.41, 5.74) is 3.06. The first-order valence-electron chi connectivity index (χ1n) is 5.78. The Morgan fingerprint density at radius 1 is 1.53 bits per heavy atom. The molecule has 15 heavy (non-hydrogen) atoms. The van der Waals surface area contributed by atoms with Gasteiger partial charge in [0, 0.05) is 12.5 Å². The smallest absolute Gasteiger partial charge is 0.331 e. The molecule has 2 nitrogen and oxygen atoms in total. The minimum absolute atomic E-state index is 0.0647. The molecule has 1 heterocycles. The minimum Gasteiger partial charge on any atom is -0.454 e. The predicted molar refractivity (Wildman–Crippen MR) is 57.2 cm³/mol. The van der Waals surface area contributed by atoms with Gasteiger partial charge in [0.25, 0.3) is 0 Å². The lowest BCUT2D eigenvalue weighted by Crippen LogP contribution is -2.32. The zero-order valence-electron chi connectivity index (χ0n) is 9.08. The molecule has 2 atom stereocenters. The van der Waals surface area contributed by atoms with Gasteiger partial charge in [-0.25, -0.2) is 4.79 Å². The van der Waals surface area contributed by atoms with Crippen LogP contribution in [0.1, 0.15) is 39.0 Å². The lowest BCUT2D eigenvalue weighted by atomic mass is 9.64. The molecule has 0 aromatic rings. The van der Waals surface area contributed by atoms with Crippen LogP contribution in [-0.4, -0.2) is 12.1 Å². The molecule has 80 valence electrons. The van der Waals surface area contributed by atoms with Crippen molar-refractivity contribution in [1.29, 1.82) is 0 Å². The van der Waals surface area contributed by atoms with Crippen LogP contribution in [0.25, 0.3) is 0 Å². The third-order valence-electron chi connectivity index (χ3n) is 4.07. The molecule has 0 aromatic heterocycles. The molecule has 2 heteroatoms. The van der Waals surface area contributed by atoms with E-state index < -0.39 is 0 Å². The number of ether oxygens (including phenoxy) is 1. The number of rotatable bonds is 0. The van der Waals surface area contributed by atoms with E-state index in [4.69, 9.17) is 4.74 Å². The summed E-state index contributed by atoms with van der Waals surface area (Å²) in [5.74, 6) is -0.141. The Hall–Kier alpha value is -1.05. The summed E-state index contributed by atoms with van der Waals surface area (Å²) < 4.78 is 5.29. The Morgan fingerprint density at radius 2 is 2.40 bits per heavy atom. The molecular weight excluding hydrogens is 188 g/mol. The van der Waals surface area contributed by atoms with Crippen molar-refractivity contribution in [3.05, 3.63) is 23.3 Å². The highest BCUT2D eigenvalue weighted by Gasteiger charge is 2.42. The molecule has 0 N–H and O–H groups in total. The summed E-state index contributed by atoms with van der Waals surface area (Å²) in [4.78, 5) is 11.2. The topological polar surface area (TPSA) is 26.3 Å². The number of fused-ring (bicyclic) bond motifs is 2. The molecule has 0 aromatic carbocycles. The predicted octanol–water partition coefficient (Wildman–Crippen LogP) is 2.75. The van der Waals surface area contributed by atoms with E-state index in [1.54, 1.807) is 6.08 Å². The number of carbonyl (C=O) groups excluding carboxylic acids is 1. The number of esters is 1. The summed E-state index contributed by atoms with van der Waals surface area (Å²) >= 11 is 0. The number of hydrogen-bond acceptors (Lipinski definition) is 2. The van der Waals surface area contributed by atoms with Crippen molar-refractivity contribution < 1.29 is 9.53 Å². The van der Waals surface area contributed by atoms with Crippen molar-refractivity contribution in [2.24, 2.45) is 5.41 Å². The Balaban J connectivity index is 1.95. The number of carbonyl (C=O) groups is 1. The van der Waals surface area contributed by atoms with E-state index in [-0.39, 0.29) is 12.1 Å². The molecule has 1 aliphatic heterocycles. The molecule has 2 unspecified atom stereocenters. The van der Waals surface area contributed by atoms with Crippen molar-refractivity contribution in [2.45, 2.75) is 45.1 Å². The van der Waals surface area contributed by atoms with Crippen LogP contribution < -0.4 is 0 Å². The van der Waals surface area contributed by atoms with Gasteiger partial charge in [0.05, 0.1) is 0 Å². The molecule has 3 aliphatic rings. The molecule has 1 saturated carbocycles. The summed E-state index contributed by atoms with van der Waals surface area (Å²) in [6, 6.07) is 0. The molecule has 0 saturated heterocycles. The molecule has 3 rings (SSSR count). The SMILES string of the molecule is CC12CCCC=C1CC1OC(=O)C=C1C2. The average molecular weight is 204 g/mol. The summed E-state index contributed by atoms with van der Waals surface area (Å²) in [5, 5.41) is 0. The second kappa shape index (κ2) is 2.97. The first-order valence-corrected chi connectivity index (χ1v) is 5.78. The molecule has 0 bridgehead atoms. The van der Waals surface area contributed by atoms with Gasteiger partial charge < -0.3 is 4.74 Å². The van der Waals surface area contributed by atoms with Gasteiger partial charge in [-0.3, -0.25) is 0 Å². The Morgan fingerprint density at radius 3 is 3.27 bits per heavy atom. The highest BCUT2D eigenvalue weighted by atomic mass is 16.5. The van der Waals surface area contributed by atoms with Crippen LogP contribution in [0.4, 0.5) is 0 Å². The zero-order valence-corrected chi connectivity index (χ0v) is 9.08. The van der Waals surface area contributed by atoms with Crippen molar-refractivity contribution in [2.75, 3.05) is 0 Å². The van der Waals surface area contributed by atoms with E-state index in [0.717, 1.165) is 12.8 Å². The molecular formula is C13H16O2. The lowest BCUT2D eigenvalue weighted by Gasteiger charge is -2.41. The van der Waals surface area contributed by atoms with Crippen LogP contribution >= 0.6 is 0 Å². The Labute approximate surface area is 90.0 Å². The van der Waals surface area contributed by atoms with Crippen LogP contribution in [0.5, 0.6) is 0 Å². The van der Waals surface area contributed by atoms with Gasteiger partial charge >= 0.3 is 5.97 Å². The maximum atomic E-state index is 11.2. The van der Waals surface area contributed by atoms with E-state index in [1.165, 1.54) is 30.4 Å². The Kier molecular flexibility index (Phi) is 1.82. The maximum Gasteiger partial charge on any atom is 0.331 e. The van der Waals surface area contributed by atoms with Gasteiger partial charge in [0.1, 0.15) is 6.10 Å². The normalized spacial score (nSPS) is 38.7. The fourth-order valence-electron chi connectivity index (χ4n) is 3.19. The van der Waals surface area contributed by atoms with Gasteiger partial charge in [0.15, 0.2) is 0 Å². The van der Waals surface area contributed by atoms with Gasteiger partial charge in [0.2, 0.25) is 0 Å².